The summed E-state index contributed by atoms with van der Waals surface area (Å²) in [5.74, 6) is 0.366. The van der Waals surface area contributed by atoms with Crippen LogP contribution >= 0.6 is 0 Å². The molecule has 1 aliphatic heterocycles. The van der Waals surface area contributed by atoms with Gasteiger partial charge in [0.15, 0.2) is 6.61 Å². The lowest BCUT2D eigenvalue weighted by Crippen LogP contribution is -2.37. The van der Waals surface area contributed by atoms with E-state index in [1.165, 1.54) is 6.07 Å². The van der Waals surface area contributed by atoms with Crippen LogP contribution in [0, 0.1) is 0 Å². The number of hydrogen-bond donors (Lipinski definition) is 0. The summed E-state index contributed by atoms with van der Waals surface area (Å²) < 4.78 is 16.4. The van der Waals surface area contributed by atoms with Crippen molar-refractivity contribution in [2.75, 3.05) is 49.3 Å². The summed E-state index contributed by atoms with van der Waals surface area (Å²) in [6.07, 6.45) is 1.89. The Bertz CT molecular complexity index is 1100. The molecule has 1 fully saturated rings. The number of ether oxygens (including phenoxy) is 2. The lowest BCUT2D eigenvalue weighted by molar-refractivity contribution is -0.120. The van der Waals surface area contributed by atoms with Gasteiger partial charge in [-0.3, -0.25) is 4.79 Å². The van der Waals surface area contributed by atoms with Crippen LogP contribution < -0.4 is 20.2 Å². The maximum Gasteiger partial charge on any atom is 0.336 e. The van der Waals surface area contributed by atoms with Crippen LogP contribution in [-0.4, -0.2) is 45.4 Å². The minimum absolute atomic E-state index is 0.0997. The van der Waals surface area contributed by atoms with Crippen LogP contribution in [0.25, 0.3) is 11.0 Å². The molecule has 0 saturated carbocycles. The molecule has 7 heteroatoms. The van der Waals surface area contributed by atoms with E-state index in [1.807, 2.05) is 12.1 Å². The van der Waals surface area contributed by atoms with Gasteiger partial charge in [0.2, 0.25) is 0 Å². The third-order valence-corrected chi connectivity index (χ3v) is 5.53. The molecular weight excluding hydrogens is 408 g/mol. The molecule has 4 rings (SSSR count). The van der Waals surface area contributed by atoms with Gasteiger partial charge in [0.05, 0.1) is 13.2 Å². The van der Waals surface area contributed by atoms with Crippen molar-refractivity contribution < 1.29 is 18.7 Å². The van der Waals surface area contributed by atoms with E-state index in [-0.39, 0.29) is 12.5 Å². The van der Waals surface area contributed by atoms with E-state index < -0.39 is 5.63 Å². The van der Waals surface area contributed by atoms with Crippen LogP contribution in [0.15, 0.2) is 63.8 Å². The molecular formula is C25H28N2O5. The van der Waals surface area contributed by atoms with E-state index in [0.29, 0.717) is 17.9 Å². The summed E-state index contributed by atoms with van der Waals surface area (Å²) >= 11 is 0. The first-order valence-electron chi connectivity index (χ1n) is 11.0. The van der Waals surface area contributed by atoms with Crippen molar-refractivity contribution in [1.29, 1.82) is 0 Å². The molecule has 1 amide bonds. The van der Waals surface area contributed by atoms with E-state index in [9.17, 15) is 9.59 Å². The highest BCUT2D eigenvalue weighted by atomic mass is 16.5. The minimum Gasteiger partial charge on any atom is -0.484 e. The van der Waals surface area contributed by atoms with Crippen molar-refractivity contribution in [2.24, 2.45) is 0 Å². The number of hydrogen-bond acceptors (Lipinski definition) is 6. The number of morpholine rings is 1. The Morgan fingerprint density at radius 2 is 1.81 bits per heavy atom. The summed E-state index contributed by atoms with van der Waals surface area (Å²) in [6.45, 7) is 5.84. The zero-order valence-corrected chi connectivity index (χ0v) is 18.3. The summed E-state index contributed by atoms with van der Waals surface area (Å²) in [6, 6.07) is 16.4. The Kier molecular flexibility index (Phi) is 7.07. The molecule has 0 atom stereocenters. The fourth-order valence-electron chi connectivity index (χ4n) is 3.73. The van der Waals surface area contributed by atoms with Gasteiger partial charge in [0, 0.05) is 48.5 Å². The highest BCUT2D eigenvalue weighted by molar-refractivity contribution is 5.94. The first kappa shape index (κ1) is 21.9. The van der Waals surface area contributed by atoms with Crippen molar-refractivity contribution in [3.8, 4) is 5.75 Å². The summed E-state index contributed by atoms with van der Waals surface area (Å²) in [5.41, 5.74) is 2.00. The Balaban J connectivity index is 1.45. The van der Waals surface area contributed by atoms with Gasteiger partial charge in [-0.15, -0.1) is 0 Å². The summed E-state index contributed by atoms with van der Waals surface area (Å²) in [5, 5.41) is 0.799. The average Bonchev–Trinajstić information content (AvgIpc) is 2.83. The first-order valence-corrected chi connectivity index (χ1v) is 11.0. The van der Waals surface area contributed by atoms with Gasteiger partial charge < -0.3 is 23.7 Å². The summed E-state index contributed by atoms with van der Waals surface area (Å²) in [4.78, 5) is 28.5. The molecule has 0 aliphatic carbocycles. The Morgan fingerprint density at radius 1 is 1.06 bits per heavy atom. The molecule has 0 spiro atoms. The number of carbonyl (C=O) groups excluding carboxylic acids is 1. The quantitative estimate of drug-likeness (QED) is 0.500. The van der Waals surface area contributed by atoms with Crippen molar-refractivity contribution >= 4 is 28.3 Å². The van der Waals surface area contributed by atoms with Crippen LogP contribution in [0.3, 0.4) is 0 Å². The normalized spacial score (nSPS) is 13.8. The van der Waals surface area contributed by atoms with E-state index >= 15 is 0 Å². The predicted octanol–water partition coefficient (Wildman–Crippen LogP) is 3.84. The molecule has 2 heterocycles. The first-order chi connectivity index (χ1) is 15.6. The topological polar surface area (TPSA) is 72.2 Å². The minimum atomic E-state index is -0.419. The number of rotatable bonds is 8. The molecule has 1 saturated heterocycles. The highest BCUT2D eigenvalue weighted by Crippen LogP contribution is 2.23. The molecule has 1 aliphatic rings. The number of nitrogens with zero attached hydrogens (tertiary/aromatic N) is 2. The highest BCUT2D eigenvalue weighted by Gasteiger charge is 2.18. The van der Waals surface area contributed by atoms with Crippen LogP contribution in [0.1, 0.15) is 19.8 Å². The lowest BCUT2D eigenvalue weighted by atomic mass is 10.2. The van der Waals surface area contributed by atoms with Gasteiger partial charge >= 0.3 is 5.63 Å². The number of carbonyl (C=O) groups is 1. The molecule has 0 bridgehead atoms. The number of unbranched alkanes of at least 4 members (excludes halogenated alkanes) is 1. The van der Waals surface area contributed by atoms with E-state index in [1.54, 1.807) is 29.2 Å². The molecule has 0 N–H and O–H groups in total. The molecule has 2 aromatic carbocycles. The van der Waals surface area contributed by atoms with Crippen LogP contribution in [0.2, 0.25) is 0 Å². The fourth-order valence-corrected chi connectivity index (χ4v) is 3.73. The van der Waals surface area contributed by atoms with E-state index in [4.69, 9.17) is 13.9 Å². The number of anilines is 2. The molecule has 3 aromatic rings. The monoisotopic (exact) mass is 436 g/mol. The van der Waals surface area contributed by atoms with E-state index in [0.717, 1.165) is 55.9 Å². The van der Waals surface area contributed by atoms with Crippen LogP contribution in [0.5, 0.6) is 5.75 Å². The van der Waals surface area contributed by atoms with Gasteiger partial charge in [-0.2, -0.15) is 0 Å². The molecule has 7 nitrogen and oxygen atoms in total. The number of fused-ring (bicyclic) bond motifs is 1. The van der Waals surface area contributed by atoms with Gasteiger partial charge in [-0.25, -0.2) is 4.79 Å². The van der Waals surface area contributed by atoms with Crippen molar-refractivity contribution in [3.05, 3.63) is 65.0 Å². The van der Waals surface area contributed by atoms with Gasteiger partial charge in [-0.1, -0.05) is 13.3 Å². The smallest absolute Gasteiger partial charge is 0.336 e. The largest absolute Gasteiger partial charge is 0.484 e. The average molecular weight is 437 g/mol. The Morgan fingerprint density at radius 3 is 2.56 bits per heavy atom. The second-order valence-electron chi connectivity index (χ2n) is 7.76. The van der Waals surface area contributed by atoms with Gasteiger partial charge in [-0.05, 0) is 48.9 Å². The second kappa shape index (κ2) is 10.3. The molecule has 0 unspecified atom stereocenters. The van der Waals surface area contributed by atoms with Crippen molar-refractivity contribution in [1.82, 2.24) is 0 Å². The SMILES string of the molecule is CCCCN(C(=O)COc1ccc2ccc(=O)oc2c1)c1ccc(N2CCOCC2)cc1. The van der Waals surface area contributed by atoms with Crippen LogP contribution in [0.4, 0.5) is 11.4 Å². The molecule has 168 valence electrons. The van der Waals surface area contributed by atoms with Crippen molar-refractivity contribution in [3.63, 3.8) is 0 Å². The van der Waals surface area contributed by atoms with Gasteiger partial charge in [0.1, 0.15) is 11.3 Å². The number of benzene rings is 2. The fraction of sp³-hybridized carbons (Fsp3) is 0.360. The summed E-state index contributed by atoms with van der Waals surface area (Å²) in [7, 11) is 0. The lowest BCUT2D eigenvalue weighted by Gasteiger charge is -2.29. The molecule has 1 aromatic heterocycles. The Hall–Kier alpha value is -3.32. The number of amides is 1. The zero-order chi connectivity index (χ0) is 22.3. The maximum absolute atomic E-state index is 13.0. The van der Waals surface area contributed by atoms with Crippen LogP contribution in [-0.2, 0) is 9.53 Å². The standard InChI is InChI=1S/C25H28N2O5/c1-2-3-12-27(21-8-6-20(7-9-21)26-13-15-30-16-14-26)24(28)18-31-22-10-4-19-5-11-25(29)32-23(19)17-22/h4-11,17H,2-3,12-16,18H2,1H3. The van der Waals surface area contributed by atoms with E-state index in [2.05, 4.69) is 24.0 Å². The second-order valence-corrected chi connectivity index (χ2v) is 7.76. The Labute approximate surface area is 187 Å². The third kappa shape index (κ3) is 5.29. The molecule has 32 heavy (non-hydrogen) atoms. The zero-order valence-electron chi connectivity index (χ0n) is 18.3. The maximum atomic E-state index is 13.0. The van der Waals surface area contributed by atoms with Crippen molar-refractivity contribution in [2.45, 2.75) is 19.8 Å². The predicted molar refractivity (Wildman–Crippen MR) is 125 cm³/mol. The van der Waals surface area contributed by atoms with Gasteiger partial charge in [0.25, 0.3) is 5.91 Å². The molecule has 0 radical (unpaired) electrons. The third-order valence-electron chi connectivity index (χ3n) is 5.53.